The van der Waals surface area contributed by atoms with Crippen LogP contribution in [0.2, 0.25) is 0 Å². The zero-order valence-electron chi connectivity index (χ0n) is 38.7. The van der Waals surface area contributed by atoms with Gasteiger partial charge in [-0.2, -0.15) is 0 Å². The number of para-hydroxylation sites is 6. The summed E-state index contributed by atoms with van der Waals surface area (Å²) >= 11 is 0. The highest BCUT2D eigenvalue weighted by Gasteiger charge is 2.26. The van der Waals surface area contributed by atoms with Crippen molar-refractivity contribution in [3.63, 3.8) is 0 Å². The molecule has 0 atom stereocenters. The normalized spacial score (nSPS) is 11.9. The Hall–Kier alpha value is -9.12. The van der Waals surface area contributed by atoms with Crippen molar-refractivity contribution in [2.45, 2.75) is 13.8 Å². The van der Waals surface area contributed by atoms with Crippen molar-refractivity contribution in [3.05, 3.63) is 242 Å². The number of aryl methyl sites for hydroxylation is 2. The third-order valence-corrected chi connectivity index (χ3v) is 14.5. The number of anilines is 6. The van der Waals surface area contributed by atoms with Gasteiger partial charge in [0, 0.05) is 54.8 Å². The maximum atomic E-state index is 7.13. The van der Waals surface area contributed by atoms with E-state index in [1.807, 2.05) is 0 Å². The van der Waals surface area contributed by atoms with Crippen molar-refractivity contribution in [1.82, 2.24) is 0 Å². The first-order valence-electron chi connectivity index (χ1n) is 24.0. The molecule has 70 heavy (non-hydrogen) atoms. The summed E-state index contributed by atoms with van der Waals surface area (Å²) in [6, 6.07) is 82.9. The Morgan fingerprint density at radius 1 is 0.257 bits per heavy atom. The molecular weight excluding hydrogens is 853 g/mol. The van der Waals surface area contributed by atoms with Crippen LogP contribution < -0.4 is 9.80 Å². The number of fused-ring (bicyclic) bond motifs is 6. The molecule has 12 aromatic carbocycles. The van der Waals surface area contributed by atoms with Crippen LogP contribution in [0, 0.1) is 13.8 Å². The van der Waals surface area contributed by atoms with Gasteiger partial charge in [0.2, 0.25) is 0 Å². The van der Waals surface area contributed by atoms with Gasteiger partial charge in [0.15, 0.2) is 11.2 Å². The van der Waals surface area contributed by atoms with Crippen LogP contribution in [0.4, 0.5) is 34.1 Å². The molecule has 0 N–H and O–H groups in total. The number of furan rings is 2. The lowest BCUT2D eigenvalue weighted by Gasteiger charge is -2.29. The molecule has 0 saturated carbocycles. The lowest BCUT2D eigenvalue weighted by atomic mass is 9.91. The van der Waals surface area contributed by atoms with Gasteiger partial charge in [0.05, 0.1) is 22.7 Å². The van der Waals surface area contributed by atoms with E-state index in [-0.39, 0.29) is 0 Å². The minimum absolute atomic E-state index is 0.847. The van der Waals surface area contributed by atoms with Gasteiger partial charge in [0.1, 0.15) is 11.2 Å². The van der Waals surface area contributed by atoms with E-state index in [2.05, 4.69) is 254 Å². The topological polar surface area (TPSA) is 32.8 Å². The van der Waals surface area contributed by atoms with Crippen molar-refractivity contribution >= 4 is 110 Å². The third-order valence-electron chi connectivity index (χ3n) is 14.5. The Bertz CT molecular complexity index is 4060. The van der Waals surface area contributed by atoms with E-state index in [1.165, 1.54) is 43.8 Å². The Labute approximate surface area is 404 Å². The lowest BCUT2D eigenvalue weighted by molar-refractivity contribution is 0.670. The van der Waals surface area contributed by atoms with E-state index >= 15 is 0 Å². The number of hydrogen-bond acceptors (Lipinski definition) is 4. The Balaban J connectivity index is 0.997. The van der Waals surface area contributed by atoms with Gasteiger partial charge in [-0.05, 0) is 106 Å². The second kappa shape index (κ2) is 15.7. The fourth-order valence-electron chi connectivity index (χ4n) is 11.3. The van der Waals surface area contributed by atoms with Crippen LogP contribution in [0.25, 0.3) is 98.4 Å². The predicted octanol–water partition coefficient (Wildman–Crippen LogP) is 19.3. The van der Waals surface area contributed by atoms with E-state index in [0.29, 0.717) is 0 Å². The smallest absolute Gasteiger partial charge is 0.159 e. The SMILES string of the molecule is Cc1ccccc1-c1cccc2c1oc1c(N(c3ccccc3)c3ccc4ccc5c(N(c6ccccc6)c6cccc7c6oc6c(-c8ccccc8C)cccc67)ccc6ccc3c4c65)cccc12. The van der Waals surface area contributed by atoms with Crippen molar-refractivity contribution in [3.8, 4) is 22.3 Å². The molecule has 0 spiro atoms. The summed E-state index contributed by atoms with van der Waals surface area (Å²) in [7, 11) is 0. The van der Waals surface area contributed by atoms with Gasteiger partial charge >= 0.3 is 0 Å². The molecule has 0 fully saturated rings. The zero-order chi connectivity index (χ0) is 46.5. The van der Waals surface area contributed by atoms with Gasteiger partial charge in [-0.15, -0.1) is 0 Å². The van der Waals surface area contributed by atoms with Crippen molar-refractivity contribution in [2.24, 2.45) is 0 Å². The molecule has 0 amide bonds. The molecule has 4 heteroatoms. The van der Waals surface area contributed by atoms with Gasteiger partial charge in [-0.3, -0.25) is 0 Å². The predicted molar refractivity (Wildman–Crippen MR) is 294 cm³/mol. The fraction of sp³-hybridized carbons (Fsp3) is 0.0303. The summed E-state index contributed by atoms with van der Waals surface area (Å²) in [6.07, 6.45) is 0. The highest BCUT2D eigenvalue weighted by Crippen LogP contribution is 2.51. The van der Waals surface area contributed by atoms with Crippen LogP contribution in [0.3, 0.4) is 0 Å². The summed E-state index contributed by atoms with van der Waals surface area (Å²) in [4.78, 5) is 4.77. The van der Waals surface area contributed by atoms with Gasteiger partial charge in [-0.25, -0.2) is 0 Å². The molecule has 0 aliphatic rings. The quantitative estimate of drug-likeness (QED) is 0.142. The second-order valence-corrected chi connectivity index (χ2v) is 18.4. The van der Waals surface area contributed by atoms with Gasteiger partial charge in [-0.1, -0.05) is 182 Å². The molecule has 14 aromatic rings. The number of nitrogens with zero attached hydrogens (tertiary/aromatic N) is 2. The van der Waals surface area contributed by atoms with Crippen molar-refractivity contribution in [2.75, 3.05) is 9.80 Å². The number of hydrogen-bond donors (Lipinski definition) is 0. The van der Waals surface area contributed by atoms with Crippen LogP contribution >= 0.6 is 0 Å². The van der Waals surface area contributed by atoms with E-state index < -0.39 is 0 Å². The minimum atomic E-state index is 0.847. The molecule has 330 valence electrons. The van der Waals surface area contributed by atoms with Crippen LogP contribution in [0.5, 0.6) is 0 Å². The molecule has 0 aliphatic carbocycles. The van der Waals surface area contributed by atoms with Crippen molar-refractivity contribution < 1.29 is 8.83 Å². The average Bonchev–Trinajstić information content (AvgIpc) is 4.00. The average molecular weight is 897 g/mol. The molecule has 0 aliphatic heterocycles. The number of rotatable bonds is 8. The van der Waals surface area contributed by atoms with E-state index in [4.69, 9.17) is 8.83 Å². The molecule has 0 unspecified atom stereocenters. The number of benzene rings is 12. The third kappa shape index (κ3) is 6.03. The summed E-state index contributed by atoms with van der Waals surface area (Å²) in [5, 5.41) is 11.5. The maximum Gasteiger partial charge on any atom is 0.159 e. The Morgan fingerprint density at radius 2 is 0.614 bits per heavy atom. The second-order valence-electron chi connectivity index (χ2n) is 18.4. The standard InChI is InChI=1S/C66H44N2O2/c1-41-17-9-11-23-47(41)49-25-13-27-51-53-29-15-31-59(65(53)69-63(49)51)67(45-19-5-3-6-20-45)57-39-35-43-34-38-56-58(40-36-44-33-37-55(57)61(43)62(44)56)68(46-21-7-4-8-22-46)60-32-16-30-54-52-28-14-26-50(64(52)70-66(54)60)48-24-12-10-18-42(48)2/h3-40H,1-2H3. The lowest BCUT2D eigenvalue weighted by Crippen LogP contribution is -2.11. The molecule has 0 saturated heterocycles. The molecule has 14 rings (SSSR count). The molecule has 2 heterocycles. The summed E-state index contributed by atoms with van der Waals surface area (Å²) in [6.45, 7) is 4.33. The molecule has 0 radical (unpaired) electrons. The maximum absolute atomic E-state index is 7.13. The van der Waals surface area contributed by atoms with Crippen LogP contribution in [-0.2, 0) is 0 Å². The van der Waals surface area contributed by atoms with Gasteiger partial charge < -0.3 is 18.6 Å². The Kier molecular flexibility index (Phi) is 8.99. The minimum Gasteiger partial charge on any atom is -0.453 e. The van der Waals surface area contributed by atoms with Crippen LogP contribution in [-0.4, -0.2) is 0 Å². The Morgan fingerprint density at radius 3 is 1.04 bits per heavy atom. The van der Waals surface area contributed by atoms with E-state index in [1.54, 1.807) is 0 Å². The monoisotopic (exact) mass is 896 g/mol. The molecule has 2 aromatic heterocycles. The first kappa shape index (κ1) is 40.0. The zero-order valence-corrected chi connectivity index (χ0v) is 38.7. The van der Waals surface area contributed by atoms with E-state index in [0.717, 1.165) is 99.9 Å². The first-order valence-corrected chi connectivity index (χ1v) is 24.0. The molecule has 0 bridgehead atoms. The highest BCUT2D eigenvalue weighted by molar-refractivity contribution is 6.29. The summed E-state index contributed by atoms with van der Waals surface area (Å²) in [5.41, 5.74) is 16.6. The highest BCUT2D eigenvalue weighted by atomic mass is 16.3. The van der Waals surface area contributed by atoms with Gasteiger partial charge in [0.25, 0.3) is 0 Å². The van der Waals surface area contributed by atoms with Crippen molar-refractivity contribution in [1.29, 1.82) is 0 Å². The first-order chi connectivity index (χ1) is 34.6. The molecule has 4 nitrogen and oxygen atoms in total. The van der Waals surface area contributed by atoms with Crippen LogP contribution in [0.15, 0.2) is 239 Å². The summed E-state index contributed by atoms with van der Waals surface area (Å²) in [5.74, 6) is 0. The fourth-order valence-corrected chi connectivity index (χ4v) is 11.3. The molecular formula is C66H44N2O2. The van der Waals surface area contributed by atoms with Crippen LogP contribution in [0.1, 0.15) is 11.1 Å². The largest absolute Gasteiger partial charge is 0.453 e. The summed E-state index contributed by atoms with van der Waals surface area (Å²) < 4.78 is 14.3. The van der Waals surface area contributed by atoms with E-state index in [9.17, 15) is 0 Å².